The van der Waals surface area contributed by atoms with Crippen molar-refractivity contribution in [3.63, 3.8) is 0 Å². The molecule has 0 spiro atoms. The first-order chi connectivity index (χ1) is 7.32. The van der Waals surface area contributed by atoms with Crippen LogP contribution in [0.25, 0.3) is 0 Å². The Morgan fingerprint density at radius 3 is 2.38 bits per heavy atom. The van der Waals surface area contributed by atoms with Gasteiger partial charge in [0, 0.05) is 5.56 Å². The predicted octanol–water partition coefficient (Wildman–Crippen LogP) is 2.06. The second kappa shape index (κ2) is 4.93. The maximum absolute atomic E-state index is 11.8. The summed E-state index contributed by atoms with van der Waals surface area (Å²) in [6.07, 6.45) is 3.32. The lowest BCUT2D eigenvalue weighted by Gasteiger charge is -2.18. The summed E-state index contributed by atoms with van der Waals surface area (Å²) in [5.74, 6) is 0. The van der Waals surface area contributed by atoms with Crippen LogP contribution >= 0.6 is 0 Å². The van der Waals surface area contributed by atoms with Crippen LogP contribution in [0.15, 0.2) is 16.8 Å². The summed E-state index contributed by atoms with van der Waals surface area (Å²) >= 11 is -1.24. The zero-order valence-corrected chi connectivity index (χ0v) is 11.1. The van der Waals surface area contributed by atoms with E-state index >= 15 is 0 Å². The second-order valence-corrected chi connectivity index (χ2v) is 6.53. The van der Waals surface area contributed by atoms with Crippen molar-refractivity contribution < 1.29 is 4.55 Å². The number of nitrogens with zero attached hydrogens (tertiary/aromatic N) is 3. The number of hydrogen-bond acceptors (Lipinski definition) is 4. The molecule has 0 fully saturated rings. The van der Waals surface area contributed by atoms with E-state index in [9.17, 15) is 4.55 Å². The molecule has 0 N–H and O–H groups in total. The van der Waals surface area contributed by atoms with Crippen molar-refractivity contribution in [3.05, 3.63) is 23.5 Å². The van der Waals surface area contributed by atoms with Gasteiger partial charge in [-0.15, -0.1) is 0 Å². The lowest BCUT2D eigenvalue weighted by atomic mass is 10.1. The highest BCUT2D eigenvalue weighted by atomic mass is 32.2. The Bertz CT molecular complexity index is 398. The smallest absolute Gasteiger partial charge is 0.144 e. The van der Waals surface area contributed by atoms with Crippen LogP contribution in [0.5, 0.6) is 0 Å². The summed E-state index contributed by atoms with van der Waals surface area (Å²) in [6, 6.07) is 0. The molecule has 16 heavy (non-hydrogen) atoms. The molecule has 1 rings (SSSR count). The van der Waals surface area contributed by atoms with Crippen LogP contribution in [0.4, 0.5) is 0 Å². The Balaban J connectivity index is 2.99. The first kappa shape index (κ1) is 13.1. The average molecular weight is 239 g/mol. The fraction of sp³-hybridized carbons (Fsp3) is 0.545. The maximum Gasteiger partial charge on any atom is 0.144 e. The van der Waals surface area contributed by atoms with E-state index in [2.05, 4.69) is 14.6 Å². The van der Waals surface area contributed by atoms with Crippen molar-refractivity contribution in [2.24, 2.45) is 4.40 Å². The maximum atomic E-state index is 11.8. The Morgan fingerprint density at radius 2 is 1.88 bits per heavy atom. The normalized spacial score (nSPS) is 15.0. The number of aryl methyl sites for hydroxylation is 1. The minimum absolute atomic E-state index is 0.338. The van der Waals surface area contributed by atoms with Crippen LogP contribution in [0.3, 0.4) is 0 Å². The summed E-state index contributed by atoms with van der Waals surface area (Å²) < 4.78 is 15.7. The minimum atomic E-state index is -1.24. The molecule has 1 aromatic heterocycles. The third-order valence-electron chi connectivity index (χ3n) is 2.06. The molecule has 0 amide bonds. The van der Waals surface area contributed by atoms with Crippen LogP contribution in [-0.2, 0) is 11.4 Å². The summed E-state index contributed by atoms with van der Waals surface area (Å²) in [6.45, 7) is 9.48. The van der Waals surface area contributed by atoms with E-state index in [1.54, 1.807) is 12.4 Å². The zero-order valence-electron chi connectivity index (χ0n) is 10.3. The number of hydrogen-bond donors (Lipinski definition) is 0. The molecule has 0 aliphatic heterocycles. The molecule has 0 aliphatic rings. The zero-order chi connectivity index (χ0) is 12.3. The summed E-state index contributed by atoms with van der Waals surface area (Å²) in [5.41, 5.74) is 2.62. The van der Waals surface area contributed by atoms with Gasteiger partial charge < -0.3 is 4.55 Å². The molecular formula is C11H17N3OS. The van der Waals surface area contributed by atoms with E-state index in [1.807, 2.05) is 34.6 Å². The van der Waals surface area contributed by atoms with Crippen molar-refractivity contribution in [1.29, 1.82) is 0 Å². The van der Waals surface area contributed by atoms with Gasteiger partial charge in [0.15, 0.2) is 0 Å². The molecule has 0 radical (unpaired) electrons. The van der Waals surface area contributed by atoms with Gasteiger partial charge in [-0.1, -0.05) is 4.40 Å². The Hall–Kier alpha value is -0.940. The summed E-state index contributed by atoms with van der Waals surface area (Å²) in [7, 11) is 0. The van der Waals surface area contributed by atoms with Crippen molar-refractivity contribution >= 4 is 17.1 Å². The largest absolute Gasteiger partial charge is 0.591 e. The van der Waals surface area contributed by atoms with Gasteiger partial charge in [0.25, 0.3) is 0 Å². The monoisotopic (exact) mass is 239 g/mol. The fourth-order valence-electron chi connectivity index (χ4n) is 1.07. The molecule has 1 atom stereocenters. The van der Waals surface area contributed by atoms with Gasteiger partial charge in [0.05, 0.1) is 18.1 Å². The first-order valence-electron chi connectivity index (χ1n) is 5.07. The van der Waals surface area contributed by atoms with Crippen LogP contribution in [0.2, 0.25) is 0 Å². The minimum Gasteiger partial charge on any atom is -0.591 e. The molecule has 88 valence electrons. The molecule has 1 aromatic rings. The molecular weight excluding hydrogens is 222 g/mol. The molecule has 1 unspecified atom stereocenters. The molecule has 5 heteroatoms. The Labute approximate surface area is 99.5 Å². The Morgan fingerprint density at radius 1 is 1.31 bits per heavy atom. The highest BCUT2D eigenvalue weighted by Crippen LogP contribution is 2.18. The van der Waals surface area contributed by atoms with E-state index in [4.69, 9.17) is 0 Å². The molecule has 0 aliphatic carbocycles. The molecule has 1 heterocycles. The highest BCUT2D eigenvalue weighted by molar-refractivity contribution is 7.91. The third-order valence-corrected chi connectivity index (χ3v) is 3.55. The number of aromatic nitrogens is 2. The molecule has 0 aromatic carbocycles. The third kappa shape index (κ3) is 3.28. The van der Waals surface area contributed by atoms with Gasteiger partial charge in [0.1, 0.15) is 16.1 Å². The lowest BCUT2D eigenvalue weighted by Crippen LogP contribution is -2.26. The lowest BCUT2D eigenvalue weighted by molar-refractivity contribution is 0.561. The Kier molecular flexibility index (Phi) is 4.04. The standard InChI is InChI=1S/C11H17N3OS/c1-8-6-12-13-7-10(8)9(2)14-16(15)11(3,4)5/h6-7H,1-5H3. The van der Waals surface area contributed by atoms with E-state index in [-0.39, 0.29) is 4.75 Å². The van der Waals surface area contributed by atoms with E-state index in [0.29, 0.717) is 0 Å². The van der Waals surface area contributed by atoms with Gasteiger partial charge in [0.2, 0.25) is 0 Å². The van der Waals surface area contributed by atoms with Gasteiger partial charge in [-0.2, -0.15) is 10.2 Å². The van der Waals surface area contributed by atoms with Crippen LogP contribution < -0.4 is 0 Å². The fourth-order valence-corrected chi connectivity index (χ4v) is 1.69. The topological polar surface area (TPSA) is 61.2 Å². The SMILES string of the molecule is CC(=N[S+]([O-])C(C)(C)C)c1cnncc1C. The second-order valence-electron chi connectivity index (χ2n) is 4.62. The van der Waals surface area contributed by atoms with Crippen LogP contribution in [-0.4, -0.2) is 25.2 Å². The summed E-state index contributed by atoms with van der Waals surface area (Å²) in [5, 5.41) is 7.58. The molecule has 4 nitrogen and oxygen atoms in total. The highest BCUT2D eigenvalue weighted by Gasteiger charge is 2.26. The van der Waals surface area contributed by atoms with E-state index in [0.717, 1.165) is 16.8 Å². The molecule has 0 bridgehead atoms. The predicted molar refractivity (Wildman–Crippen MR) is 66.9 cm³/mol. The van der Waals surface area contributed by atoms with Crippen LogP contribution in [0.1, 0.15) is 38.8 Å². The quantitative estimate of drug-likeness (QED) is 0.586. The van der Waals surface area contributed by atoms with Gasteiger partial charge >= 0.3 is 0 Å². The van der Waals surface area contributed by atoms with Gasteiger partial charge in [-0.05, 0) is 40.2 Å². The average Bonchev–Trinajstić information content (AvgIpc) is 2.16. The first-order valence-corrected chi connectivity index (χ1v) is 6.18. The van der Waals surface area contributed by atoms with Crippen molar-refractivity contribution in [2.75, 3.05) is 0 Å². The van der Waals surface area contributed by atoms with Gasteiger partial charge in [-0.25, -0.2) is 0 Å². The van der Waals surface area contributed by atoms with Crippen molar-refractivity contribution in [2.45, 2.75) is 39.4 Å². The van der Waals surface area contributed by atoms with Crippen molar-refractivity contribution in [1.82, 2.24) is 10.2 Å². The van der Waals surface area contributed by atoms with Crippen LogP contribution in [0, 0.1) is 6.92 Å². The van der Waals surface area contributed by atoms with Gasteiger partial charge in [-0.3, -0.25) is 0 Å². The molecule has 0 saturated heterocycles. The molecule has 0 saturated carbocycles. The number of rotatable bonds is 2. The van der Waals surface area contributed by atoms with E-state index in [1.165, 1.54) is 0 Å². The van der Waals surface area contributed by atoms with E-state index < -0.39 is 11.4 Å². The van der Waals surface area contributed by atoms with Crippen molar-refractivity contribution in [3.8, 4) is 0 Å². The summed E-state index contributed by atoms with van der Waals surface area (Å²) in [4.78, 5) is 0.